The largest absolute Gasteiger partial charge is 0.366 e. The van der Waals surface area contributed by atoms with Gasteiger partial charge in [-0.2, -0.15) is 0 Å². The van der Waals surface area contributed by atoms with E-state index in [1.54, 1.807) is 18.2 Å². The van der Waals surface area contributed by atoms with Crippen molar-refractivity contribution in [2.45, 2.75) is 19.4 Å². The molecule has 28 heavy (non-hydrogen) atoms. The molecule has 0 radical (unpaired) electrons. The van der Waals surface area contributed by atoms with Crippen molar-refractivity contribution in [3.8, 4) is 11.4 Å². The molecule has 6 heteroatoms. The van der Waals surface area contributed by atoms with Crippen molar-refractivity contribution in [3.05, 3.63) is 77.7 Å². The van der Waals surface area contributed by atoms with Crippen molar-refractivity contribution in [2.24, 2.45) is 0 Å². The third kappa shape index (κ3) is 4.17. The zero-order valence-electron chi connectivity index (χ0n) is 15.4. The first-order valence-corrected chi connectivity index (χ1v) is 9.41. The van der Waals surface area contributed by atoms with Crippen molar-refractivity contribution < 1.29 is 9.18 Å². The first kappa shape index (κ1) is 18.1. The summed E-state index contributed by atoms with van der Waals surface area (Å²) in [6, 6.07) is 17.6. The molecule has 142 valence electrons. The highest BCUT2D eigenvalue weighted by Gasteiger charge is 2.22. The van der Waals surface area contributed by atoms with Gasteiger partial charge in [0.05, 0.1) is 0 Å². The van der Waals surface area contributed by atoms with E-state index in [1.165, 1.54) is 12.1 Å². The number of aromatic nitrogens is 2. The highest BCUT2D eigenvalue weighted by molar-refractivity contribution is 5.93. The van der Waals surface area contributed by atoms with Crippen molar-refractivity contribution in [3.63, 3.8) is 0 Å². The third-order valence-electron chi connectivity index (χ3n) is 4.76. The van der Waals surface area contributed by atoms with Gasteiger partial charge in [0.15, 0.2) is 5.82 Å². The van der Waals surface area contributed by atoms with Gasteiger partial charge in [0.25, 0.3) is 5.91 Å². The second-order valence-electron chi connectivity index (χ2n) is 6.81. The van der Waals surface area contributed by atoms with Crippen LogP contribution in [0.25, 0.3) is 11.4 Å². The lowest BCUT2D eigenvalue weighted by Crippen LogP contribution is -2.28. The number of benzene rings is 2. The van der Waals surface area contributed by atoms with Crippen LogP contribution in [-0.2, 0) is 6.54 Å². The molecular formula is C22H21FN4O. The SMILES string of the molecule is O=C(c1cc(NCc2ccc(F)cc2)nc(-c2ccccc2)n1)N1CCCC1. The fraction of sp³-hybridized carbons (Fsp3) is 0.227. The maximum absolute atomic E-state index is 13.1. The molecule has 1 saturated heterocycles. The Balaban J connectivity index is 1.63. The minimum Gasteiger partial charge on any atom is -0.366 e. The van der Waals surface area contributed by atoms with E-state index in [4.69, 9.17) is 0 Å². The van der Waals surface area contributed by atoms with Crippen LogP contribution in [0.15, 0.2) is 60.7 Å². The van der Waals surface area contributed by atoms with Gasteiger partial charge >= 0.3 is 0 Å². The van der Waals surface area contributed by atoms with Crippen LogP contribution in [0.1, 0.15) is 28.9 Å². The molecule has 0 aliphatic carbocycles. The fourth-order valence-electron chi connectivity index (χ4n) is 3.24. The molecule has 5 nitrogen and oxygen atoms in total. The normalized spacial score (nSPS) is 13.5. The van der Waals surface area contributed by atoms with Gasteiger partial charge in [-0.3, -0.25) is 4.79 Å². The number of rotatable bonds is 5. The second kappa shape index (κ2) is 8.17. The number of hydrogen-bond acceptors (Lipinski definition) is 4. The van der Waals surface area contributed by atoms with Crippen LogP contribution in [0.4, 0.5) is 10.2 Å². The minimum absolute atomic E-state index is 0.0677. The van der Waals surface area contributed by atoms with Gasteiger partial charge in [-0.15, -0.1) is 0 Å². The zero-order valence-corrected chi connectivity index (χ0v) is 15.4. The molecule has 4 rings (SSSR count). The minimum atomic E-state index is -0.268. The molecule has 2 heterocycles. The number of nitrogens with zero attached hydrogens (tertiary/aromatic N) is 3. The second-order valence-corrected chi connectivity index (χ2v) is 6.81. The number of halogens is 1. The average molecular weight is 376 g/mol. The summed E-state index contributed by atoms with van der Waals surface area (Å²) in [6.45, 7) is 2.01. The number of nitrogens with one attached hydrogen (secondary N) is 1. The van der Waals surface area contributed by atoms with E-state index in [9.17, 15) is 9.18 Å². The Morgan fingerprint density at radius 2 is 1.71 bits per heavy atom. The van der Waals surface area contributed by atoms with E-state index in [0.29, 0.717) is 23.9 Å². The topological polar surface area (TPSA) is 58.1 Å². The lowest BCUT2D eigenvalue weighted by molar-refractivity contribution is 0.0787. The highest BCUT2D eigenvalue weighted by Crippen LogP contribution is 2.20. The maximum atomic E-state index is 13.1. The molecule has 0 bridgehead atoms. The molecular weight excluding hydrogens is 355 g/mol. The molecule has 1 aliphatic rings. The Kier molecular flexibility index (Phi) is 5.28. The number of amides is 1. The zero-order chi connectivity index (χ0) is 19.3. The predicted octanol–water partition coefficient (Wildman–Crippen LogP) is 4.13. The van der Waals surface area contributed by atoms with Crippen LogP contribution in [0.2, 0.25) is 0 Å². The Labute approximate surface area is 163 Å². The van der Waals surface area contributed by atoms with Crippen molar-refractivity contribution >= 4 is 11.7 Å². The summed E-state index contributed by atoms with van der Waals surface area (Å²) in [4.78, 5) is 23.8. The van der Waals surface area contributed by atoms with Crippen LogP contribution in [0.5, 0.6) is 0 Å². The molecule has 1 aliphatic heterocycles. The highest BCUT2D eigenvalue weighted by atomic mass is 19.1. The van der Waals surface area contributed by atoms with Gasteiger partial charge in [0, 0.05) is 31.3 Å². The number of carbonyl (C=O) groups is 1. The Morgan fingerprint density at radius 3 is 2.43 bits per heavy atom. The van der Waals surface area contributed by atoms with E-state index in [-0.39, 0.29) is 11.7 Å². The number of hydrogen-bond donors (Lipinski definition) is 1. The molecule has 0 saturated carbocycles. The third-order valence-corrected chi connectivity index (χ3v) is 4.76. The molecule has 1 aromatic heterocycles. The number of likely N-dealkylation sites (tertiary alicyclic amines) is 1. The lowest BCUT2D eigenvalue weighted by atomic mass is 10.2. The first-order chi connectivity index (χ1) is 13.7. The number of carbonyl (C=O) groups excluding carboxylic acids is 1. The van der Waals surface area contributed by atoms with Crippen LogP contribution in [0, 0.1) is 5.82 Å². The van der Waals surface area contributed by atoms with Crippen molar-refractivity contribution in [2.75, 3.05) is 18.4 Å². The van der Waals surface area contributed by atoms with Crippen LogP contribution >= 0.6 is 0 Å². The standard InChI is InChI=1S/C22H21FN4O/c23-18-10-8-16(9-11-18)15-24-20-14-19(22(28)27-12-4-5-13-27)25-21(26-20)17-6-2-1-3-7-17/h1-3,6-11,14H,4-5,12-13,15H2,(H,24,25,26). The van der Waals surface area contributed by atoms with Crippen molar-refractivity contribution in [1.29, 1.82) is 0 Å². The van der Waals surface area contributed by atoms with Gasteiger partial charge in [-0.25, -0.2) is 14.4 Å². The van der Waals surface area contributed by atoms with Gasteiger partial charge in [0.1, 0.15) is 17.3 Å². The van der Waals surface area contributed by atoms with Crippen LogP contribution in [0.3, 0.4) is 0 Å². The van der Waals surface area contributed by atoms with Crippen molar-refractivity contribution in [1.82, 2.24) is 14.9 Å². The molecule has 1 fully saturated rings. The average Bonchev–Trinajstić information content (AvgIpc) is 3.28. The summed E-state index contributed by atoms with van der Waals surface area (Å²) in [5, 5.41) is 3.23. The molecule has 1 N–H and O–H groups in total. The number of anilines is 1. The van der Waals surface area contributed by atoms with Gasteiger partial charge in [-0.1, -0.05) is 42.5 Å². The van der Waals surface area contributed by atoms with E-state index < -0.39 is 0 Å². The van der Waals surface area contributed by atoms with Gasteiger partial charge < -0.3 is 10.2 Å². The summed E-state index contributed by atoms with van der Waals surface area (Å²) in [6.07, 6.45) is 2.05. The Hall–Kier alpha value is -3.28. The molecule has 0 atom stereocenters. The maximum Gasteiger partial charge on any atom is 0.272 e. The van der Waals surface area contributed by atoms with Crippen LogP contribution < -0.4 is 5.32 Å². The Morgan fingerprint density at radius 1 is 1.00 bits per heavy atom. The monoisotopic (exact) mass is 376 g/mol. The van der Waals surface area contributed by atoms with E-state index >= 15 is 0 Å². The quantitative estimate of drug-likeness (QED) is 0.727. The van der Waals surface area contributed by atoms with Crippen LogP contribution in [-0.4, -0.2) is 33.9 Å². The van der Waals surface area contributed by atoms with E-state index in [1.807, 2.05) is 35.2 Å². The summed E-state index contributed by atoms with van der Waals surface area (Å²) in [7, 11) is 0. The molecule has 0 unspecified atom stereocenters. The fourth-order valence-corrected chi connectivity index (χ4v) is 3.24. The Bertz CT molecular complexity index is 954. The van der Waals surface area contributed by atoms with Gasteiger partial charge in [-0.05, 0) is 30.5 Å². The molecule has 1 amide bonds. The molecule has 0 spiro atoms. The predicted molar refractivity (Wildman–Crippen MR) is 106 cm³/mol. The first-order valence-electron chi connectivity index (χ1n) is 9.41. The van der Waals surface area contributed by atoms with E-state index in [0.717, 1.165) is 37.1 Å². The smallest absolute Gasteiger partial charge is 0.272 e. The lowest BCUT2D eigenvalue weighted by Gasteiger charge is -2.16. The summed E-state index contributed by atoms with van der Waals surface area (Å²) < 4.78 is 13.1. The summed E-state index contributed by atoms with van der Waals surface area (Å²) in [5.41, 5.74) is 2.16. The summed E-state index contributed by atoms with van der Waals surface area (Å²) >= 11 is 0. The van der Waals surface area contributed by atoms with Gasteiger partial charge in [0.2, 0.25) is 0 Å². The molecule has 2 aromatic carbocycles. The van der Waals surface area contributed by atoms with E-state index in [2.05, 4.69) is 15.3 Å². The summed E-state index contributed by atoms with van der Waals surface area (Å²) in [5.74, 6) is 0.741. The molecule has 3 aromatic rings.